The molecule has 6 rings (SSSR count). The molecule has 1 fully saturated rings. The summed E-state index contributed by atoms with van der Waals surface area (Å²) < 4.78 is 30.1. The summed E-state index contributed by atoms with van der Waals surface area (Å²) in [6, 6.07) is 34.5. The molecule has 0 unspecified atom stereocenters. The Balaban J connectivity index is 0.00000541. The molecule has 0 saturated carbocycles. The van der Waals surface area contributed by atoms with E-state index in [0.29, 0.717) is 29.8 Å². The van der Waals surface area contributed by atoms with Crippen molar-refractivity contribution in [2.24, 2.45) is 9.98 Å². The number of carbonyl (C=O) groups is 1. The molecule has 1 aliphatic rings. The average molecular weight is 792 g/mol. The Morgan fingerprint density at radius 3 is 2.17 bits per heavy atom. The molecule has 1 aliphatic heterocycles. The first-order valence-corrected chi connectivity index (χ1v) is 18.8. The van der Waals surface area contributed by atoms with Crippen molar-refractivity contribution in [3.63, 3.8) is 0 Å². The van der Waals surface area contributed by atoms with Crippen LogP contribution in [0, 0.1) is 6.92 Å². The minimum absolute atomic E-state index is 0. The fourth-order valence-electron chi connectivity index (χ4n) is 6.35. The summed E-state index contributed by atoms with van der Waals surface area (Å²) in [6.45, 7) is 3.20. The van der Waals surface area contributed by atoms with Crippen molar-refractivity contribution in [3.05, 3.63) is 166 Å². The Bertz CT molecular complexity index is 2190. The zero-order chi connectivity index (χ0) is 36.7. The number of aliphatic carboxylic acids is 1. The first-order chi connectivity index (χ1) is 25.1. The van der Waals surface area contributed by atoms with Gasteiger partial charge in [0.05, 0.1) is 28.3 Å². The topological polar surface area (TPSA) is 137 Å². The summed E-state index contributed by atoms with van der Waals surface area (Å²) in [5, 5.41) is 27.1. The second-order valence-corrected chi connectivity index (χ2v) is 14.7. The second-order valence-electron chi connectivity index (χ2n) is 12.6. The quantitative estimate of drug-likeness (QED) is 0.0967. The predicted molar refractivity (Wildman–Crippen MR) is 200 cm³/mol. The van der Waals surface area contributed by atoms with Crippen LogP contribution in [0.2, 0.25) is 5.02 Å². The van der Waals surface area contributed by atoms with Gasteiger partial charge in [0, 0.05) is 28.7 Å². The van der Waals surface area contributed by atoms with Crippen LogP contribution >= 0.6 is 11.6 Å². The van der Waals surface area contributed by atoms with Crippen molar-refractivity contribution in [1.82, 2.24) is 9.62 Å². The van der Waals surface area contributed by atoms with Crippen LogP contribution in [-0.4, -0.2) is 49.5 Å². The predicted octanol–water partition coefficient (Wildman–Crippen LogP) is 5.38. The molecule has 1 heterocycles. The number of hydrogen-bond donors (Lipinski definition) is 1. The SMILES string of the molecule is Cc1ccc(S(=O)(=O)N[C@@H](c2ccccc2Cl)[C@@H](N=C(c2ccccc2)c2ccccc2N=C([O-])[C@H]2CCCN2Cc2ccccc2)C(=O)[O-])cc1.[Ni+2]. The Labute approximate surface area is 325 Å². The van der Waals surface area contributed by atoms with Gasteiger partial charge in [-0.25, -0.2) is 13.1 Å². The fourth-order valence-corrected chi connectivity index (χ4v) is 7.83. The number of para-hydroxylation sites is 1. The normalized spacial score (nSPS) is 16.5. The molecule has 1 saturated heterocycles. The number of carboxylic acid groups (broad SMARTS) is 1. The molecule has 9 nitrogen and oxygen atoms in total. The molecule has 53 heavy (non-hydrogen) atoms. The number of hydrogen-bond acceptors (Lipinski definition) is 8. The molecule has 0 spiro atoms. The first kappa shape index (κ1) is 39.6. The Morgan fingerprint density at radius 1 is 0.868 bits per heavy atom. The molecule has 5 aromatic rings. The maximum atomic E-state index is 13.9. The zero-order valence-electron chi connectivity index (χ0n) is 28.7. The number of carboxylic acids is 1. The number of halogens is 1. The molecule has 0 bridgehead atoms. The van der Waals surface area contributed by atoms with Crippen molar-refractivity contribution < 1.29 is 39.9 Å². The third-order valence-electron chi connectivity index (χ3n) is 8.99. The third-order valence-corrected chi connectivity index (χ3v) is 10.8. The number of sulfonamides is 1. The van der Waals surface area contributed by atoms with E-state index in [1.165, 1.54) is 12.1 Å². The van der Waals surface area contributed by atoms with Gasteiger partial charge in [0.2, 0.25) is 10.0 Å². The summed E-state index contributed by atoms with van der Waals surface area (Å²) >= 11 is 6.59. The van der Waals surface area contributed by atoms with Crippen LogP contribution in [-0.2, 0) is 37.9 Å². The number of nitrogens with zero attached hydrogens (tertiary/aromatic N) is 3. The van der Waals surface area contributed by atoms with Crippen LogP contribution in [0.5, 0.6) is 0 Å². The Morgan fingerprint density at radius 2 is 1.49 bits per heavy atom. The number of likely N-dealkylation sites (tertiary alicyclic amines) is 1. The number of nitrogens with one attached hydrogen (secondary N) is 1. The first-order valence-electron chi connectivity index (χ1n) is 16.9. The minimum atomic E-state index is -4.28. The van der Waals surface area contributed by atoms with Crippen LogP contribution < -0.4 is 14.9 Å². The van der Waals surface area contributed by atoms with Gasteiger partial charge in [-0.1, -0.05) is 126 Å². The third kappa shape index (κ3) is 9.68. The second kappa shape index (κ2) is 17.9. The van der Waals surface area contributed by atoms with Gasteiger partial charge < -0.3 is 15.0 Å². The molecular weight excluding hydrogens is 755 g/mol. The van der Waals surface area contributed by atoms with E-state index in [1.807, 2.05) is 37.3 Å². The summed E-state index contributed by atoms with van der Waals surface area (Å²) in [6.07, 6.45) is 1.51. The van der Waals surface area contributed by atoms with E-state index in [4.69, 9.17) is 16.6 Å². The molecule has 12 heteroatoms. The average Bonchev–Trinajstić information content (AvgIpc) is 3.61. The van der Waals surface area contributed by atoms with E-state index < -0.39 is 34.1 Å². The smallest absolute Gasteiger partial charge is 0.861 e. The molecule has 0 radical (unpaired) electrons. The maximum absolute atomic E-state index is 13.9. The molecule has 0 amide bonds. The largest absolute Gasteiger partial charge is 2.00 e. The maximum Gasteiger partial charge on any atom is 2.00 e. The molecule has 3 atom stereocenters. The summed E-state index contributed by atoms with van der Waals surface area (Å²) in [5.74, 6) is -1.96. The summed E-state index contributed by atoms with van der Waals surface area (Å²) in [4.78, 5) is 24.5. The number of aliphatic imine (C=N–C) groups is 2. The molecule has 5 aromatic carbocycles. The molecule has 0 aromatic heterocycles. The minimum Gasteiger partial charge on any atom is -0.861 e. The van der Waals surface area contributed by atoms with Crippen molar-refractivity contribution >= 4 is 44.9 Å². The zero-order valence-corrected chi connectivity index (χ0v) is 31.3. The molecular formula is C41H37ClN4NiO5S. The van der Waals surface area contributed by atoms with Crippen LogP contribution in [0.3, 0.4) is 0 Å². The summed E-state index contributed by atoms with van der Waals surface area (Å²) in [7, 11) is -4.28. The van der Waals surface area contributed by atoms with Gasteiger partial charge >= 0.3 is 16.5 Å². The Hall–Kier alpha value is -4.64. The van der Waals surface area contributed by atoms with Crippen LogP contribution in [0.4, 0.5) is 5.69 Å². The number of benzene rings is 5. The van der Waals surface area contributed by atoms with Gasteiger partial charge in [-0.05, 0) is 67.6 Å². The van der Waals surface area contributed by atoms with E-state index in [0.717, 1.165) is 24.1 Å². The van der Waals surface area contributed by atoms with E-state index >= 15 is 0 Å². The van der Waals surface area contributed by atoms with E-state index in [9.17, 15) is 23.4 Å². The standard InChI is InChI=1S/C41H39ClN4O5S.Ni/c1-28-22-24-31(25-23-28)52(50,51)45-38(32-17-8-10-19-34(32)42)39(41(48)49)44-37(30-15-6-3-7-16-30)33-18-9-11-20-35(33)43-40(47)36-21-12-26-46(36)27-29-13-4-2-5-14-29;/h2-11,13-20,22-25,36,38-39,45H,12,21,26-27H2,1H3,(H,43,47)(H,48,49);/q;+2/p-2/t36-,38+,39-;/m1./s1. The van der Waals surface area contributed by atoms with Gasteiger partial charge in [0.1, 0.15) is 6.04 Å². The van der Waals surface area contributed by atoms with Crippen molar-refractivity contribution in [2.75, 3.05) is 6.54 Å². The van der Waals surface area contributed by atoms with Gasteiger partial charge in [0.15, 0.2) is 0 Å². The van der Waals surface area contributed by atoms with Crippen LogP contribution in [0.15, 0.2) is 148 Å². The monoisotopic (exact) mass is 790 g/mol. The van der Waals surface area contributed by atoms with Crippen molar-refractivity contribution in [2.45, 2.75) is 49.3 Å². The van der Waals surface area contributed by atoms with Gasteiger partial charge in [0.25, 0.3) is 0 Å². The molecule has 0 aliphatic carbocycles. The van der Waals surface area contributed by atoms with E-state index in [2.05, 4.69) is 14.6 Å². The molecule has 1 N–H and O–H groups in total. The van der Waals surface area contributed by atoms with Gasteiger partial charge in [-0.15, -0.1) is 0 Å². The summed E-state index contributed by atoms with van der Waals surface area (Å²) in [5.41, 5.74) is 3.54. The van der Waals surface area contributed by atoms with Crippen LogP contribution in [0.1, 0.15) is 46.7 Å². The molecule has 274 valence electrons. The van der Waals surface area contributed by atoms with Crippen molar-refractivity contribution in [3.8, 4) is 0 Å². The fraction of sp³-hybridized carbons (Fsp3) is 0.195. The number of carbonyl (C=O) groups excluding carboxylic acids is 1. The van der Waals surface area contributed by atoms with Crippen LogP contribution in [0.25, 0.3) is 0 Å². The number of rotatable bonds is 13. The van der Waals surface area contributed by atoms with E-state index in [-0.39, 0.29) is 43.6 Å². The van der Waals surface area contributed by atoms with Gasteiger partial charge in [-0.3, -0.25) is 14.9 Å². The van der Waals surface area contributed by atoms with Crippen molar-refractivity contribution in [1.29, 1.82) is 0 Å². The van der Waals surface area contributed by atoms with E-state index in [1.54, 1.807) is 91.0 Å². The van der Waals surface area contributed by atoms with Gasteiger partial charge in [-0.2, -0.15) is 0 Å². The Kier molecular flexibility index (Phi) is 13.4. The number of aryl methyl sites for hydroxylation is 1.